The summed E-state index contributed by atoms with van der Waals surface area (Å²) in [5.41, 5.74) is 1.04. The van der Waals surface area contributed by atoms with Gasteiger partial charge in [0, 0.05) is 5.02 Å². The van der Waals surface area contributed by atoms with Crippen molar-refractivity contribution in [2.45, 2.75) is 62.0 Å². The summed E-state index contributed by atoms with van der Waals surface area (Å²) in [6, 6.07) is 11.3. The molecule has 2 aromatic carbocycles. The molecule has 1 aliphatic carbocycles. The van der Waals surface area contributed by atoms with Crippen LogP contribution < -0.4 is 4.57 Å². The van der Waals surface area contributed by atoms with Crippen molar-refractivity contribution < 1.29 is 21.8 Å². The minimum absolute atomic E-state index is 0.00340. The van der Waals surface area contributed by atoms with Crippen molar-refractivity contribution in [3.63, 3.8) is 0 Å². The molecule has 1 aliphatic rings. The van der Waals surface area contributed by atoms with Gasteiger partial charge in [-0.15, -0.1) is 0 Å². The maximum absolute atomic E-state index is 15.3. The molecule has 0 saturated heterocycles. The zero-order chi connectivity index (χ0) is 24.3. The van der Waals surface area contributed by atoms with Gasteiger partial charge in [-0.2, -0.15) is 4.57 Å². The fourth-order valence-corrected chi connectivity index (χ4v) is 7.63. The second-order valence-corrected chi connectivity index (χ2v) is 12.0. The number of aromatic nitrogens is 1. The topological polar surface area (TPSA) is 51.2 Å². The molecule has 34 heavy (non-hydrogen) atoms. The van der Waals surface area contributed by atoms with Gasteiger partial charge in [0.25, 0.3) is 0 Å². The van der Waals surface area contributed by atoms with Crippen LogP contribution in [-0.4, -0.2) is 13.7 Å². The van der Waals surface area contributed by atoms with Crippen molar-refractivity contribution in [3.8, 4) is 11.5 Å². The van der Waals surface area contributed by atoms with Crippen LogP contribution in [0.5, 0.6) is 0 Å². The van der Waals surface area contributed by atoms with Crippen molar-refractivity contribution in [3.05, 3.63) is 71.3 Å². The Morgan fingerprint density at radius 3 is 2.53 bits per heavy atom. The summed E-state index contributed by atoms with van der Waals surface area (Å²) in [7, 11) is -1.86. The second kappa shape index (κ2) is 10.6. The van der Waals surface area contributed by atoms with E-state index in [-0.39, 0.29) is 17.2 Å². The number of aryl methyl sites for hydroxylation is 1. The molecule has 3 aromatic rings. The molecule has 0 spiro atoms. The fourth-order valence-electron chi connectivity index (χ4n) is 5.42. The molecule has 0 amide bonds. The van der Waals surface area contributed by atoms with Crippen LogP contribution in [0.2, 0.25) is 5.02 Å². The Kier molecular flexibility index (Phi) is 7.78. The molecule has 3 atom stereocenters. The van der Waals surface area contributed by atoms with E-state index in [0.29, 0.717) is 28.0 Å². The van der Waals surface area contributed by atoms with Crippen molar-refractivity contribution in [1.82, 2.24) is 0 Å². The number of rotatable bonds is 8. The first-order valence-corrected chi connectivity index (χ1v) is 13.9. The SMILES string of the molecule is CCCC1CCCCC1C(Cc1ccc(-c2occ[n+]2C)cc1F)S(=O)(=O)c1ccc(Cl)cc1. The zero-order valence-corrected chi connectivity index (χ0v) is 21.3. The van der Waals surface area contributed by atoms with Crippen LogP contribution in [0, 0.1) is 17.7 Å². The molecule has 3 unspecified atom stereocenters. The smallest absolute Gasteiger partial charge is 0.380 e. The molecule has 0 N–H and O–H groups in total. The van der Waals surface area contributed by atoms with Gasteiger partial charge in [0.1, 0.15) is 12.9 Å². The highest BCUT2D eigenvalue weighted by atomic mass is 35.5. The van der Waals surface area contributed by atoms with E-state index in [1.165, 1.54) is 6.07 Å². The van der Waals surface area contributed by atoms with E-state index < -0.39 is 20.9 Å². The third-order valence-electron chi connectivity index (χ3n) is 7.15. The van der Waals surface area contributed by atoms with Gasteiger partial charge in [-0.05, 0) is 66.6 Å². The molecule has 1 heterocycles. The lowest BCUT2D eigenvalue weighted by Gasteiger charge is -2.37. The average Bonchev–Trinajstić information content (AvgIpc) is 3.25. The van der Waals surface area contributed by atoms with Crippen molar-refractivity contribution in [1.29, 1.82) is 0 Å². The summed E-state index contributed by atoms with van der Waals surface area (Å²) in [4.78, 5) is 0.252. The molecule has 1 saturated carbocycles. The van der Waals surface area contributed by atoms with Crippen LogP contribution in [0.4, 0.5) is 4.39 Å². The predicted octanol–water partition coefficient (Wildman–Crippen LogP) is 6.56. The summed E-state index contributed by atoms with van der Waals surface area (Å²) >= 11 is 6.02. The molecule has 0 radical (unpaired) electrons. The van der Waals surface area contributed by atoms with Gasteiger partial charge in [-0.25, -0.2) is 12.8 Å². The highest BCUT2D eigenvalue weighted by Gasteiger charge is 2.40. The van der Waals surface area contributed by atoms with Gasteiger partial charge in [0.15, 0.2) is 16.1 Å². The van der Waals surface area contributed by atoms with Crippen molar-refractivity contribution >= 4 is 21.4 Å². The van der Waals surface area contributed by atoms with E-state index >= 15 is 4.39 Å². The summed E-state index contributed by atoms with van der Waals surface area (Å²) in [6.07, 6.45) is 9.47. The highest BCUT2D eigenvalue weighted by molar-refractivity contribution is 7.92. The third-order valence-corrected chi connectivity index (χ3v) is 9.65. The third kappa shape index (κ3) is 5.23. The Bertz CT molecular complexity index is 1220. The minimum Gasteiger partial charge on any atom is -0.406 e. The summed E-state index contributed by atoms with van der Waals surface area (Å²) in [5.74, 6) is 0.464. The lowest BCUT2D eigenvalue weighted by Crippen LogP contribution is -2.38. The molecule has 182 valence electrons. The number of benzene rings is 2. The number of halogens is 2. The largest absolute Gasteiger partial charge is 0.406 e. The van der Waals surface area contributed by atoms with Crippen LogP contribution in [0.15, 0.2) is 64.2 Å². The Morgan fingerprint density at radius 2 is 1.88 bits per heavy atom. The number of hydrogen-bond donors (Lipinski definition) is 0. The number of oxazole rings is 1. The van der Waals surface area contributed by atoms with Crippen LogP contribution >= 0.6 is 11.6 Å². The lowest BCUT2D eigenvalue weighted by molar-refractivity contribution is -0.662. The molecule has 0 bridgehead atoms. The van der Waals surface area contributed by atoms with Crippen molar-refractivity contribution in [2.75, 3.05) is 0 Å². The molecule has 7 heteroatoms. The molecule has 0 aliphatic heterocycles. The fraction of sp³-hybridized carbons (Fsp3) is 0.444. The first kappa shape index (κ1) is 24.9. The number of sulfone groups is 1. The molecule has 1 fully saturated rings. The van der Waals surface area contributed by atoms with Crippen LogP contribution in [-0.2, 0) is 23.3 Å². The van der Waals surface area contributed by atoms with Gasteiger partial charge in [0.2, 0.25) is 6.20 Å². The Labute approximate surface area is 206 Å². The Balaban J connectivity index is 1.72. The molecule has 4 rings (SSSR count). The van der Waals surface area contributed by atoms with Crippen LogP contribution in [0.3, 0.4) is 0 Å². The zero-order valence-electron chi connectivity index (χ0n) is 19.7. The van der Waals surface area contributed by atoms with Gasteiger partial charge in [-0.3, -0.25) is 0 Å². The van der Waals surface area contributed by atoms with Gasteiger partial charge >= 0.3 is 5.89 Å². The lowest BCUT2D eigenvalue weighted by atomic mass is 9.74. The number of hydrogen-bond acceptors (Lipinski definition) is 3. The van der Waals surface area contributed by atoms with E-state index in [1.54, 1.807) is 53.4 Å². The summed E-state index contributed by atoms with van der Waals surface area (Å²) in [6.45, 7) is 2.14. The number of nitrogens with zero attached hydrogens (tertiary/aromatic N) is 1. The van der Waals surface area contributed by atoms with Crippen LogP contribution in [0.1, 0.15) is 51.0 Å². The Morgan fingerprint density at radius 1 is 1.15 bits per heavy atom. The Hall–Kier alpha value is -2.18. The van der Waals surface area contributed by atoms with Gasteiger partial charge < -0.3 is 4.42 Å². The minimum atomic E-state index is -3.69. The normalized spacial score (nSPS) is 19.8. The van der Waals surface area contributed by atoms with Crippen LogP contribution in [0.25, 0.3) is 11.5 Å². The standard InChI is InChI=1S/C27H32ClFNO3S/c1-3-6-19-7-4-5-8-24(19)26(34(31,32)23-13-11-22(28)12-14-23)18-20-9-10-21(17-25(20)29)27-30(2)15-16-33-27/h9-17,19,24,26H,3-8,18H2,1-2H3/q+1. The maximum Gasteiger partial charge on any atom is 0.380 e. The van der Waals surface area contributed by atoms with Crippen molar-refractivity contribution in [2.24, 2.45) is 18.9 Å². The first-order chi connectivity index (χ1) is 16.3. The van der Waals surface area contributed by atoms with Gasteiger partial charge in [0.05, 0.1) is 15.7 Å². The van der Waals surface area contributed by atoms with E-state index in [9.17, 15) is 8.42 Å². The molecular formula is C27H32ClFNO3S+. The molecule has 4 nitrogen and oxygen atoms in total. The predicted molar refractivity (Wildman–Crippen MR) is 132 cm³/mol. The molecular weight excluding hydrogens is 473 g/mol. The van der Waals surface area contributed by atoms with E-state index in [2.05, 4.69) is 6.92 Å². The molecule has 1 aromatic heterocycles. The summed E-state index contributed by atoms with van der Waals surface area (Å²) in [5, 5.41) is -0.199. The van der Waals surface area contributed by atoms with E-state index in [0.717, 1.165) is 38.5 Å². The quantitative estimate of drug-likeness (QED) is 0.326. The highest BCUT2D eigenvalue weighted by Crippen LogP contribution is 2.41. The second-order valence-electron chi connectivity index (χ2n) is 9.36. The summed E-state index contributed by atoms with van der Waals surface area (Å²) < 4.78 is 50.4. The maximum atomic E-state index is 15.3. The van der Waals surface area contributed by atoms with E-state index in [4.69, 9.17) is 16.0 Å². The average molecular weight is 505 g/mol. The monoisotopic (exact) mass is 504 g/mol. The van der Waals surface area contributed by atoms with Gasteiger partial charge in [-0.1, -0.05) is 56.7 Å². The van der Waals surface area contributed by atoms with E-state index in [1.807, 2.05) is 7.05 Å². The first-order valence-electron chi connectivity index (χ1n) is 12.0.